The van der Waals surface area contributed by atoms with Gasteiger partial charge in [-0.2, -0.15) is 0 Å². The molecule has 4 fully saturated rings. The zero-order chi connectivity index (χ0) is 14.7. The third-order valence-electron chi connectivity index (χ3n) is 7.02. The van der Waals surface area contributed by atoms with Crippen molar-refractivity contribution in [3.8, 4) is 0 Å². The van der Waals surface area contributed by atoms with Crippen molar-refractivity contribution in [1.82, 2.24) is 5.32 Å². The van der Waals surface area contributed by atoms with E-state index in [0.717, 1.165) is 23.8 Å². The van der Waals surface area contributed by atoms with Gasteiger partial charge in [-0.15, -0.1) is 0 Å². The highest BCUT2D eigenvalue weighted by Crippen LogP contribution is 2.61. The average molecular weight is 292 g/mol. The minimum absolute atomic E-state index is 0.701. The van der Waals surface area contributed by atoms with Crippen LogP contribution in [-0.2, 0) is 0 Å². The topological polar surface area (TPSA) is 12.0 Å². The third-order valence-corrected chi connectivity index (χ3v) is 7.02. The van der Waals surface area contributed by atoms with Gasteiger partial charge in [0.15, 0.2) is 0 Å². The fourth-order valence-corrected chi connectivity index (χ4v) is 6.49. The van der Waals surface area contributed by atoms with Gasteiger partial charge in [-0.05, 0) is 75.2 Å². The highest BCUT2D eigenvalue weighted by Gasteiger charge is 2.53. The summed E-state index contributed by atoms with van der Waals surface area (Å²) < 4.78 is 0. The lowest BCUT2D eigenvalue weighted by molar-refractivity contribution is -0.0742. The van der Waals surface area contributed by atoms with Crippen LogP contribution < -0.4 is 5.32 Å². The monoisotopic (exact) mass is 291 g/mol. The van der Waals surface area contributed by atoms with Crippen molar-refractivity contribution in [2.24, 2.45) is 23.2 Å². The first-order valence-electron chi connectivity index (χ1n) is 9.93. The lowest BCUT2D eigenvalue weighted by Crippen LogP contribution is -2.55. The van der Waals surface area contributed by atoms with E-state index in [1.807, 2.05) is 0 Å². The molecule has 0 radical (unpaired) electrons. The van der Waals surface area contributed by atoms with Gasteiger partial charge in [-0.1, -0.05) is 45.4 Å². The van der Waals surface area contributed by atoms with Crippen LogP contribution >= 0.6 is 0 Å². The van der Waals surface area contributed by atoms with Crippen LogP contribution in [0.2, 0.25) is 0 Å². The summed E-state index contributed by atoms with van der Waals surface area (Å²) in [6.07, 6.45) is 19.5. The summed E-state index contributed by atoms with van der Waals surface area (Å²) in [6.45, 7) is 2.31. The van der Waals surface area contributed by atoms with Gasteiger partial charge in [0.05, 0.1) is 0 Å². The predicted molar refractivity (Wildman–Crippen MR) is 91.4 cm³/mol. The Bertz CT molecular complexity index is 287. The standard InChI is InChI=1S/C20H37N/c1-3-4-5-6-7-8-9-19(21-2)20-13-16-10-17(14-20)12-18(11-16)15-20/h16-19,21H,3-15H2,1-2H3. The molecule has 1 unspecified atom stereocenters. The molecule has 0 aromatic heterocycles. The van der Waals surface area contributed by atoms with E-state index in [9.17, 15) is 0 Å². The van der Waals surface area contributed by atoms with Crippen molar-refractivity contribution in [3.05, 3.63) is 0 Å². The van der Waals surface area contributed by atoms with Crippen molar-refractivity contribution in [2.45, 2.75) is 96.4 Å². The molecule has 1 atom stereocenters. The average Bonchev–Trinajstić information content (AvgIpc) is 2.45. The molecular formula is C20H37N. The number of rotatable bonds is 9. The van der Waals surface area contributed by atoms with Gasteiger partial charge in [0.1, 0.15) is 0 Å². The molecule has 4 rings (SSSR count). The van der Waals surface area contributed by atoms with Crippen molar-refractivity contribution in [3.63, 3.8) is 0 Å². The Morgan fingerprint density at radius 1 is 0.857 bits per heavy atom. The maximum Gasteiger partial charge on any atom is 0.0121 e. The van der Waals surface area contributed by atoms with Crippen LogP contribution in [0.5, 0.6) is 0 Å². The van der Waals surface area contributed by atoms with Crippen LogP contribution in [0.4, 0.5) is 0 Å². The minimum Gasteiger partial charge on any atom is -0.316 e. The molecule has 0 aromatic carbocycles. The number of unbranched alkanes of at least 4 members (excludes halogenated alkanes) is 5. The second-order valence-electron chi connectivity index (χ2n) is 8.68. The predicted octanol–water partition coefficient (Wildman–Crippen LogP) is 5.54. The van der Waals surface area contributed by atoms with Gasteiger partial charge in [0.25, 0.3) is 0 Å². The van der Waals surface area contributed by atoms with Crippen molar-refractivity contribution >= 4 is 0 Å². The molecule has 1 heteroatoms. The molecule has 0 aromatic rings. The Hall–Kier alpha value is -0.0400. The summed E-state index contributed by atoms with van der Waals surface area (Å²) in [5.74, 6) is 3.28. The van der Waals surface area contributed by atoms with Crippen molar-refractivity contribution in [1.29, 1.82) is 0 Å². The Labute approximate surface area is 132 Å². The van der Waals surface area contributed by atoms with Gasteiger partial charge >= 0.3 is 0 Å². The largest absolute Gasteiger partial charge is 0.316 e. The van der Waals surface area contributed by atoms with E-state index in [2.05, 4.69) is 19.3 Å². The van der Waals surface area contributed by atoms with E-state index in [4.69, 9.17) is 0 Å². The van der Waals surface area contributed by atoms with Crippen LogP contribution in [-0.4, -0.2) is 13.1 Å². The highest BCUT2D eigenvalue weighted by molar-refractivity contribution is 5.05. The first-order chi connectivity index (χ1) is 10.3. The fourth-order valence-electron chi connectivity index (χ4n) is 6.49. The molecule has 1 N–H and O–H groups in total. The van der Waals surface area contributed by atoms with E-state index < -0.39 is 0 Å². The van der Waals surface area contributed by atoms with Gasteiger partial charge < -0.3 is 5.32 Å². The van der Waals surface area contributed by atoms with Crippen molar-refractivity contribution in [2.75, 3.05) is 7.05 Å². The second kappa shape index (κ2) is 7.02. The Morgan fingerprint density at radius 3 is 1.90 bits per heavy atom. The normalized spacial score (nSPS) is 38.9. The molecule has 21 heavy (non-hydrogen) atoms. The van der Waals surface area contributed by atoms with Crippen LogP contribution in [0.25, 0.3) is 0 Å². The molecule has 4 aliphatic carbocycles. The first-order valence-corrected chi connectivity index (χ1v) is 9.93. The zero-order valence-electron chi connectivity index (χ0n) is 14.5. The van der Waals surface area contributed by atoms with E-state index >= 15 is 0 Å². The molecule has 4 saturated carbocycles. The van der Waals surface area contributed by atoms with E-state index in [1.165, 1.54) is 44.9 Å². The zero-order valence-corrected chi connectivity index (χ0v) is 14.5. The van der Waals surface area contributed by atoms with Gasteiger partial charge in [0, 0.05) is 6.04 Å². The maximum absolute atomic E-state index is 3.76. The summed E-state index contributed by atoms with van der Waals surface area (Å²) in [6, 6.07) is 0.817. The number of hydrogen-bond acceptors (Lipinski definition) is 1. The van der Waals surface area contributed by atoms with Crippen LogP contribution in [0.1, 0.15) is 90.4 Å². The maximum atomic E-state index is 3.76. The number of hydrogen-bond donors (Lipinski definition) is 1. The smallest absolute Gasteiger partial charge is 0.0121 e. The quantitative estimate of drug-likeness (QED) is 0.550. The molecule has 0 heterocycles. The Morgan fingerprint density at radius 2 is 1.38 bits per heavy atom. The fraction of sp³-hybridized carbons (Fsp3) is 1.00. The second-order valence-corrected chi connectivity index (χ2v) is 8.68. The van der Waals surface area contributed by atoms with Crippen molar-refractivity contribution < 1.29 is 0 Å². The summed E-state index contributed by atoms with van der Waals surface area (Å²) in [4.78, 5) is 0. The van der Waals surface area contributed by atoms with Gasteiger partial charge in [-0.25, -0.2) is 0 Å². The van der Waals surface area contributed by atoms with Gasteiger partial charge in [0.2, 0.25) is 0 Å². The molecule has 4 aliphatic rings. The van der Waals surface area contributed by atoms with Gasteiger partial charge in [-0.3, -0.25) is 0 Å². The summed E-state index contributed by atoms with van der Waals surface area (Å²) in [5.41, 5.74) is 0.701. The highest BCUT2D eigenvalue weighted by atomic mass is 14.9. The molecule has 0 spiro atoms. The van der Waals surface area contributed by atoms with E-state index in [0.29, 0.717) is 5.41 Å². The molecule has 1 nitrogen and oxygen atoms in total. The lowest BCUT2D eigenvalue weighted by Gasteiger charge is -2.59. The summed E-state index contributed by atoms with van der Waals surface area (Å²) >= 11 is 0. The molecule has 0 aliphatic heterocycles. The molecule has 0 amide bonds. The Kier molecular flexibility index (Phi) is 5.30. The summed E-state index contributed by atoms with van der Waals surface area (Å²) in [5, 5.41) is 3.76. The SMILES string of the molecule is CCCCCCCCC(NC)C12CC3CC(CC(C3)C1)C2. The molecule has 0 saturated heterocycles. The lowest BCUT2D eigenvalue weighted by atomic mass is 9.47. The minimum atomic E-state index is 0.701. The molecule has 122 valence electrons. The van der Waals surface area contributed by atoms with Crippen LogP contribution in [0, 0.1) is 23.2 Å². The molecule has 4 bridgehead atoms. The number of nitrogens with one attached hydrogen (secondary N) is 1. The first kappa shape index (κ1) is 15.8. The summed E-state index contributed by atoms with van der Waals surface area (Å²) in [7, 11) is 2.24. The van der Waals surface area contributed by atoms with Crippen LogP contribution in [0.15, 0.2) is 0 Å². The Balaban J connectivity index is 1.49. The van der Waals surface area contributed by atoms with Crippen LogP contribution in [0.3, 0.4) is 0 Å². The van der Waals surface area contributed by atoms with E-state index in [1.54, 1.807) is 38.5 Å². The third kappa shape index (κ3) is 3.49. The van der Waals surface area contributed by atoms with E-state index in [-0.39, 0.29) is 0 Å². The molecular weight excluding hydrogens is 254 g/mol.